The van der Waals surface area contributed by atoms with Gasteiger partial charge in [-0.25, -0.2) is 14.6 Å². The van der Waals surface area contributed by atoms with Crippen molar-refractivity contribution in [3.63, 3.8) is 0 Å². The Labute approximate surface area is 137 Å². The fraction of sp³-hybridized carbons (Fsp3) is 0.267. The van der Waals surface area contributed by atoms with Gasteiger partial charge < -0.3 is 14.8 Å². The van der Waals surface area contributed by atoms with Crippen LogP contribution in [0.1, 0.15) is 17.5 Å². The number of nitrogens with zero attached hydrogens (tertiary/aromatic N) is 1. The highest BCUT2D eigenvalue weighted by Crippen LogP contribution is 2.21. The number of hydrogen-bond acceptors (Lipinski definition) is 6. The number of benzene rings is 1. The maximum absolute atomic E-state index is 11.9. The lowest BCUT2D eigenvalue weighted by atomic mass is 10.3. The van der Waals surface area contributed by atoms with Gasteiger partial charge in [-0.3, -0.25) is 5.32 Å². The lowest BCUT2D eigenvalue weighted by Crippen LogP contribution is -2.19. The third-order valence-electron chi connectivity index (χ3n) is 2.82. The standard InChI is InChI=1S/C15H17N3O4S/c1-4-21-15(20)22-12-7-5-11(6-8-12)17-13(19)18-14-16-9(2)10(3)23-14/h5-8H,4H2,1-3H3,(H2,16,17,18,19). The number of rotatable bonds is 4. The Kier molecular flexibility index (Phi) is 5.53. The minimum Gasteiger partial charge on any atom is -0.434 e. The highest BCUT2D eigenvalue weighted by Gasteiger charge is 2.09. The van der Waals surface area contributed by atoms with Crippen molar-refractivity contribution in [2.75, 3.05) is 17.2 Å². The molecule has 1 aromatic carbocycles. The third kappa shape index (κ3) is 4.96. The number of anilines is 2. The number of carbonyl (C=O) groups excluding carboxylic acids is 2. The fourth-order valence-electron chi connectivity index (χ4n) is 1.64. The predicted octanol–water partition coefficient (Wildman–Crippen LogP) is 3.94. The zero-order valence-electron chi connectivity index (χ0n) is 13.0. The second kappa shape index (κ2) is 7.59. The summed E-state index contributed by atoms with van der Waals surface area (Å²) in [5.41, 5.74) is 1.45. The number of aryl methyl sites for hydroxylation is 2. The van der Waals surface area contributed by atoms with E-state index in [1.165, 1.54) is 11.3 Å². The highest BCUT2D eigenvalue weighted by atomic mass is 32.1. The van der Waals surface area contributed by atoms with E-state index in [0.717, 1.165) is 10.6 Å². The summed E-state index contributed by atoms with van der Waals surface area (Å²) < 4.78 is 9.60. The van der Waals surface area contributed by atoms with Crippen LogP contribution < -0.4 is 15.4 Å². The molecule has 0 atom stereocenters. The van der Waals surface area contributed by atoms with Crippen molar-refractivity contribution in [1.29, 1.82) is 0 Å². The van der Waals surface area contributed by atoms with E-state index in [4.69, 9.17) is 4.74 Å². The number of thiazole rings is 1. The summed E-state index contributed by atoms with van der Waals surface area (Å²) in [4.78, 5) is 28.4. The average molecular weight is 335 g/mol. The summed E-state index contributed by atoms with van der Waals surface area (Å²) >= 11 is 1.41. The first-order valence-corrected chi connectivity index (χ1v) is 7.76. The molecule has 0 spiro atoms. The molecule has 0 bridgehead atoms. The summed E-state index contributed by atoms with van der Waals surface area (Å²) in [6.45, 7) is 5.77. The van der Waals surface area contributed by atoms with Gasteiger partial charge in [0.15, 0.2) is 5.13 Å². The van der Waals surface area contributed by atoms with Crippen molar-refractivity contribution < 1.29 is 19.1 Å². The van der Waals surface area contributed by atoms with Crippen molar-refractivity contribution in [1.82, 2.24) is 4.98 Å². The maximum Gasteiger partial charge on any atom is 0.513 e. The van der Waals surface area contributed by atoms with Crippen molar-refractivity contribution in [2.45, 2.75) is 20.8 Å². The molecule has 23 heavy (non-hydrogen) atoms. The first-order valence-electron chi connectivity index (χ1n) is 6.94. The first kappa shape index (κ1) is 16.8. The van der Waals surface area contributed by atoms with E-state index in [1.807, 2.05) is 13.8 Å². The van der Waals surface area contributed by atoms with Crippen LogP contribution in [0.4, 0.5) is 20.4 Å². The predicted molar refractivity (Wildman–Crippen MR) is 88.3 cm³/mol. The van der Waals surface area contributed by atoms with Crippen LogP contribution in [0.2, 0.25) is 0 Å². The molecule has 2 aromatic rings. The van der Waals surface area contributed by atoms with E-state index in [-0.39, 0.29) is 6.61 Å². The van der Waals surface area contributed by atoms with Crippen LogP contribution in [-0.4, -0.2) is 23.8 Å². The molecule has 0 saturated carbocycles. The Morgan fingerprint density at radius 3 is 2.43 bits per heavy atom. The number of urea groups is 1. The number of hydrogen-bond donors (Lipinski definition) is 2. The normalized spacial score (nSPS) is 10.0. The molecule has 0 aliphatic rings. The topological polar surface area (TPSA) is 89.5 Å². The number of carbonyl (C=O) groups is 2. The molecule has 7 nitrogen and oxygen atoms in total. The Balaban J connectivity index is 1.89. The van der Waals surface area contributed by atoms with Gasteiger partial charge >= 0.3 is 12.2 Å². The Morgan fingerprint density at radius 1 is 1.17 bits per heavy atom. The number of nitrogens with one attached hydrogen (secondary N) is 2. The van der Waals surface area contributed by atoms with Gasteiger partial charge in [-0.15, -0.1) is 11.3 Å². The van der Waals surface area contributed by atoms with Crippen LogP contribution in [0, 0.1) is 13.8 Å². The molecule has 1 aromatic heterocycles. The van der Waals surface area contributed by atoms with Gasteiger partial charge in [0.25, 0.3) is 0 Å². The molecular weight excluding hydrogens is 318 g/mol. The van der Waals surface area contributed by atoms with Crippen molar-refractivity contribution >= 4 is 34.3 Å². The van der Waals surface area contributed by atoms with Crippen LogP contribution >= 0.6 is 11.3 Å². The molecule has 1 heterocycles. The van der Waals surface area contributed by atoms with Crippen LogP contribution in [0.5, 0.6) is 5.75 Å². The second-order valence-electron chi connectivity index (χ2n) is 4.55. The van der Waals surface area contributed by atoms with Gasteiger partial charge in [-0.05, 0) is 45.0 Å². The highest BCUT2D eigenvalue weighted by molar-refractivity contribution is 7.15. The molecule has 2 amide bonds. The number of ether oxygens (including phenoxy) is 2. The molecule has 0 saturated heterocycles. The second-order valence-corrected chi connectivity index (χ2v) is 5.75. The molecule has 0 aliphatic heterocycles. The molecule has 0 radical (unpaired) electrons. The van der Waals surface area contributed by atoms with Gasteiger partial charge in [-0.1, -0.05) is 0 Å². The molecule has 2 N–H and O–H groups in total. The van der Waals surface area contributed by atoms with Crippen LogP contribution in [0.3, 0.4) is 0 Å². The van der Waals surface area contributed by atoms with Crippen molar-refractivity contribution in [3.8, 4) is 5.75 Å². The van der Waals surface area contributed by atoms with E-state index < -0.39 is 12.2 Å². The molecule has 122 valence electrons. The average Bonchev–Trinajstić information content (AvgIpc) is 2.79. The van der Waals surface area contributed by atoms with Gasteiger partial charge in [-0.2, -0.15) is 0 Å². The lowest BCUT2D eigenvalue weighted by Gasteiger charge is -2.07. The zero-order valence-corrected chi connectivity index (χ0v) is 13.8. The summed E-state index contributed by atoms with van der Waals surface area (Å²) in [7, 11) is 0. The van der Waals surface area contributed by atoms with E-state index in [2.05, 4.69) is 20.4 Å². The Morgan fingerprint density at radius 2 is 1.87 bits per heavy atom. The Bertz CT molecular complexity index is 678. The van der Waals surface area contributed by atoms with Gasteiger partial charge in [0.2, 0.25) is 0 Å². The monoisotopic (exact) mass is 335 g/mol. The van der Waals surface area contributed by atoms with E-state index in [9.17, 15) is 9.59 Å². The molecule has 2 rings (SSSR count). The van der Waals surface area contributed by atoms with Crippen LogP contribution in [0.15, 0.2) is 24.3 Å². The maximum atomic E-state index is 11.9. The summed E-state index contributed by atoms with van der Waals surface area (Å²) in [6, 6.07) is 5.96. The minimum absolute atomic E-state index is 0.244. The number of amides is 2. The van der Waals surface area contributed by atoms with Crippen molar-refractivity contribution in [3.05, 3.63) is 34.8 Å². The number of aromatic nitrogens is 1. The zero-order chi connectivity index (χ0) is 16.8. The van der Waals surface area contributed by atoms with Gasteiger partial charge in [0.1, 0.15) is 5.75 Å². The van der Waals surface area contributed by atoms with Crippen LogP contribution in [0.25, 0.3) is 0 Å². The summed E-state index contributed by atoms with van der Waals surface area (Å²) in [5.74, 6) is 0.334. The molecule has 0 aliphatic carbocycles. The minimum atomic E-state index is -0.763. The van der Waals surface area contributed by atoms with E-state index >= 15 is 0 Å². The molecule has 8 heteroatoms. The SMILES string of the molecule is CCOC(=O)Oc1ccc(NC(=O)Nc2nc(C)c(C)s2)cc1. The largest absolute Gasteiger partial charge is 0.513 e. The van der Waals surface area contributed by atoms with Gasteiger partial charge in [0, 0.05) is 10.6 Å². The molecular formula is C15H17N3O4S. The fourth-order valence-corrected chi connectivity index (χ4v) is 2.45. The Hall–Kier alpha value is -2.61. The van der Waals surface area contributed by atoms with Gasteiger partial charge in [0.05, 0.1) is 12.3 Å². The van der Waals surface area contributed by atoms with E-state index in [1.54, 1.807) is 31.2 Å². The molecule has 0 unspecified atom stereocenters. The first-order chi connectivity index (χ1) is 11.0. The third-order valence-corrected chi connectivity index (χ3v) is 3.81. The summed E-state index contributed by atoms with van der Waals surface area (Å²) in [5, 5.41) is 5.88. The van der Waals surface area contributed by atoms with Crippen LogP contribution in [-0.2, 0) is 4.74 Å². The smallest absolute Gasteiger partial charge is 0.434 e. The quantitative estimate of drug-likeness (QED) is 0.652. The van der Waals surface area contributed by atoms with E-state index in [0.29, 0.717) is 16.6 Å². The summed E-state index contributed by atoms with van der Waals surface area (Å²) in [6.07, 6.45) is -0.763. The molecule has 0 fully saturated rings. The van der Waals surface area contributed by atoms with Crippen molar-refractivity contribution in [2.24, 2.45) is 0 Å². The lowest BCUT2D eigenvalue weighted by molar-refractivity contribution is 0.104.